The van der Waals surface area contributed by atoms with Crippen LogP contribution in [0, 0.1) is 10.8 Å². The number of aliphatic hydroxyl groups excluding tert-OH is 1. The number of benzene rings is 2. The van der Waals surface area contributed by atoms with Crippen LogP contribution in [-0.4, -0.2) is 53.1 Å². The molecule has 2 aliphatic rings. The summed E-state index contributed by atoms with van der Waals surface area (Å²) in [5.41, 5.74) is 6.28. The van der Waals surface area contributed by atoms with E-state index < -0.39 is 0 Å². The van der Waals surface area contributed by atoms with Crippen LogP contribution in [-0.2, 0) is 25.9 Å². The minimum absolute atomic E-state index is 0.0250. The largest absolute Gasteiger partial charge is 0.461 e. The molecule has 0 spiro atoms. The number of rotatable bonds is 10. The van der Waals surface area contributed by atoms with E-state index in [2.05, 4.69) is 89.6 Å². The molecule has 2 unspecified atom stereocenters. The van der Waals surface area contributed by atoms with Crippen molar-refractivity contribution >= 4 is 0 Å². The fourth-order valence-corrected chi connectivity index (χ4v) is 7.86. The molecule has 2 aromatic carbocycles. The average Bonchev–Trinajstić information content (AvgIpc) is 3.91. The van der Waals surface area contributed by atoms with E-state index in [-0.39, 0.29) is 29.5 Å². The molecule has 0 aliphatic heterocycles. The Morgan fingerprint density at radius 2 is 1.14 bits per heavy atom. The molecule has 50 heavy (non-hydrogen) atoms. The van der Waals surface area contributed by atoms with Crippen LogP contribution in [0.25, 0.3) is 22.6 Å². The van der Waals surface area contributed by atoms with E-state index in [4.69, 9.17) is 8.83 Å². The lowest BCUT2D eigenvalue weighted by atomic mass is 9.75. The molecule has 258 valence electrons. The molecule has 0 amide bonds. The van der Waals surface area contributed by atoms with Crippen LogP contribution < -0.4 is 0 Å². The van der Waals surface area contributed by atoms with Gasteiger partial charge in [0.15, 0.2) is 0 Å². The lowest BCUT2D eigenvalue weighted by molar-refractivity contribution is 0.181. The second kappa shape index (κ2) is 12.8. The highest BCUT2D eigenvalue weighted by Gasteiger charge is 2.38. The zero-order valence-electron chi connectivity index (χ0n) is 29.3. The summed E-state index contributed by atoms with van der Waals surface area (Å²) in [5.74, 6) is 3.82. The summed E-state index contributed by atoms with van der Waals surface area (Å²) in [5, 5.41) is 28.4. The van der Waals surface area contributed by atoms with Gasteiger partial charge in [-0.15, -0.1) is 10.2 Å². The highest BCUT2D eigenvalue weighted by Crippen LogP contribution is 2.46. The molecule has 0 radical (unpaired) electrons. The van der Waals surface area contributed by atoms with Gasteiger partial charge < -0.3 is 13.9 Å². The molecule has 2 atom stereocenters. The molecule has 10 nitrogen and oxygen atoms in total. The first-order valence-electron chi connectivity index (χ1n) is 17.6. The van der Waals surface area contributed by atoms with Crippen molar-refractivity contribution in [3.8, 4) is 22.6 Å². The van der Waals surface area contributed by atoms with Crippen molar-refractivity contribution in [3.05, 3.63) is 119 Å². The Morgan fingerprint density at radius 1 is 0.700 bits per heavy atom. The molecule has 6 aromatic rings. The maximum atomic E-state index is 9.99. The molecule has 2 aliphatic carbocycles. The second-order valence-electron chi connectivity index (χ2n) is 15.6. The summed E-state index contributed by atoms with van der Waals surface area (Å²) >= 11 is 0. The SMILES string of the molecule is CC1(C)Cc2oc(-c3ccccc3)cc2C(n2cc(CN(CCO)Cc3cn(C4CC(C)(C)Cc5oc(-c6ccccc6)cc54)nn3)nn2)C1. The predicted octanol–water partition coefficient (Wildman–Crippen LogP) is 7.51. The van der Waals surface area contributed by atoms with Gasteiger partial charge in [0, 0.05) is 54.7 Å². The number of hydrogen-bond acceptors (Lipinski definition) is 8. The minimum Gasteiger partial charge on any atom is -0.461 e. The number of hydrogen-bond donors (Lipinski definition) is 1. The summed E-state index contributed by atoms with van der Waals surface area (Å²) in [7, 11) is 0. The predicted molar refractivity (Wildman–Crippen MR) is 190 cm³/mol. The monoisotopic (exact) mass is 671 g/mol. The molecular formula is C40H45N7O3. The van der Waals surface area contributed by atoms with Gasteiger partial charge in [-0.1, -0.05) is 98.8 Å². The molecular weight excluding hydrogens is 626 g/mol. The number of furan rings is 2. The minimum atomic E-state index is 0.0250. The number of aliphatic hydroxyl groups is 1. The van der Waals surface area contributed by atoms with Crippen LogP contribution in [0.1, 0.15) is 86.7 Å². The number of aromatic nitrogens is 6. The van der Waals surface area contributed by atoms with Crippen molar-refractivity contribution < 1.29 is 13.9 Å². The molecule has 4 aromatic heterocycles. The van der Waals surface area contributed by atoms with Gasteiger partial charge in [0.05, 0.1) is 42.5 Å². The third kappa shape index (κ3) is 6.57. The second-order valence-corrected chi connectivity index (χ2v) is 15.6. The average molecular weight is 672 g/mol. The molecule has 0 saturated carbocycles. The highest BCUT2D eigenvalue weighted by atomic mass is 16.3. The first kappa shape index (κ1) is 32.4. The molecule has 1 N–H and O–H groups in total. The summed E-state index contributed by atoms with van der Waals surface area (Å²) in [6.07, 6.45) is 7.72. The summed E-state index contributed by atoms with van der Waals surface area (Å²) < 4.78 is 16.8. The lowest BCUT2D eigenvalue weighted by Crippen LogP contribution is -2.29. The van der Waals surface area contributed by atoms with Crippen molar-refractivity contribution in [2.24, 2.45) is 10.8 Å². The summed E-state index contributed by atoms with van der Waals surface area (Å²) in [4.78, 5) is 2.14. The Labute approximate surface area is 292 Å². The molecule has 4 heterocycles. The van der Waals surface area contributed by atoms with Gasteiger partial charge in [-0.3, -0.25) is 4.90 Å². The van der Waals surface area contributed by atoms with Gasteiger partial charge in [-0.2, -0.15) is 0 Å². The Kier molecular flexibility index (Phi) is 8.31. The third-order valence-corrected chi connectivity index (χ3v) is 10.2. The quantitative estimate of drug-likeness (QED) is 0.159. The molecule has 8 rings (SSSR count). The van der Waals surface area contributed by atoms with E-state index >= 15 is 0 Å². The van der Waals surface area contributed by atoms with Gasteiger partial charge in [0.25, 0.3) is 0 Å². The number of fused-ring (bicyclic) bond motifs is 2. The summed E-state index contributed by atoms with van der Waals surface area (Å²) in [6, 6.07) is 24.9. The smallest absolute Gasteiger partial charge is 0.134 e. The molecule has 0 fully saturated rings. The Morgan fingerprint density at radius 3 is 1.56 bits per heavy atom. The van der Waals surface area contributed by atoms with Crippen LogP contribution in [0.2, 0.25) is 0 Å². The van der Waals surface area contributed by atoms with Crippen molar-refractivity contribution in [2.45, 2.75) is 78.6 Å². The first-order valence-corrected chi connectivity index (χ1v) is 17.6. The topological polar surface area (TPSA) is 111 Å². The third-order valence-electron chi connectivity index (χ3n) is 10.2. The van der Waals surface area contributed by atoms with Gasteiger partial charge in [0.1, 0.15) is 23.0 Å². The highest BCUT2D eigenvalue weighted by molar-refractivity contribution is 5.60. The van der Waals surface area contributed by atoms with E-state index in [1.807, 2.05) is 58.2 Å². The van der Waals surface area contributed by atoms with E-state index in [1.165, 1.54) is 11.1 Å². The molecule has 0 saturated heterocycles. The van der Waals surface area contributed by atoms with Crippen LogP contribution in [0.4, 0.5) is 0 Å². The van der Waals surface area contributed by atoms with E-state index in [9.17, 15) is 5.11 Å². The Bertz CT molecular complexity index is 1930. The van der Waals surface area contributed by atoms with Crippen molar-refractivity contribution in [1.29, 1.82) is 0 Å². The fraction of sp³-hybridized carbons (Fsp3) is 0.400. The summed E-state index contributed by atoms with van der Waals surface area (Å²) in [6.45, 7) is 10.7. The van der Waals surface area contributed by atoms with Crippen LogP contribution in [0.5, 0.6) is 0 Å². The van der Waals surface area contributed by atoms with Crippen molar-refractivity contribution in [1.82, 2.24) is 34.9 Å². The first-order chi connectivity index (χ1) is 24.1. The van der Waals surface area contributed by atoms with Gasteiger partial charge in [-0.25, -0.2) is 9.36 Å². The van der Waals surface area contributed by atoms with Crippen LogP contribution in [0.15, 0.2) is 94.0 Å². The zero-order valence-corrected chi connectivity index (χ0v) is 29.3. The van der Waals surface area contributed by atoms with Gasteiger partial charge in [-0.05, 0) is 35.8 Å². The molecule has 10 heteroatoms. The van der Waals surface area contributed by atoms with Crippen LogP contribution in [0.3, 0.4) is 0 Å². The van der Waals surface area contributed by atoms with Crippen molar-refractivity contribution in [3.63, 3.8) is 0 Å². The van der Waals surface area contributed by atoms with Gasteiger partial charge >= 0.3 is 0 Å². The maximum Gasteiger partial charge on any atom is 0.134 e. The molecule has 0 bridgehead atoms. The fourth-order valence-electron chi connectivity index (χ4n) is 7.86. The Balaban J connectivity index is 1.00. The van der Waals surface area contributed by atoms with E-state index in [0.29, 0.717) is 19.6 Å². The van der Waals surface area contributed by atoms with Crippen LogP contribution >= 0.6 is 0 Å². The standard InChI is InChI=1S/C40H45N7O3/c1-39(2)19-33(31-17-35(49-37(31)21-39)27-11-7-5-8-12-27)46-25-29(41-43-46)23-45(15-16-48)24-30-26-47(44-42-30)34-20-40(3,4)22-38-32(34)18-36(50-38)28-13-9-6-10-14-28/h5-14,17-18,25-26,33-34,48H,15-16,19-24H2,1-4H3. The zero-order chi connectivity index (χ0) is 34.5. The lowest BCUT2D eigenvalue weighted by Gasteiger charge is -2.34. The maximum absolute atomic E-state index is 9.99. The van der Waals surface area contributed by atoms with E-state index in [1.54, 1.807) is 0 Å². The normalized spacial score (nSPS) is 19.4. The number of nitrogens with zero attached hydrogens (tertiary/aromatic N) is 7. The van der Waals surface area contributed by atoms with Crippen molar-refractivity contribution in [2.75, 3.05) is 13.2 Å². The van der Waals surface area contributed by atoms with Gasteiger partial charge in [0.2, 0.25) is 0 Å². The van der Waals surface area contributed by atoms with E-state index in [0.717, 1.165) is 71.2 Å². The Hall–Kier alpha value is -4.80.